The molecular weight excluding hydrogens is 234 g/mol. The van der Waals surface area contributed by atoms with Crippen molar-refractivity contribution >= 4 is 5.91 Å². The van der Waals surface area contributed by atoms with Gasteiger partial charge in [0.25, 0.3) is 0 Å². The van der Waals surface area contributed by atoms with Gasteiger partial charge in [0.05, 0.1) is 0 Å². The molecule has 104 valence electrons. The summed E-state index contributed by atoms with van der Waals surface area (Å²) in [5.41, 5.74) is 2.73. The minimum absolute atomic E-state index is 0.149. The third kappa shape index (κ3) is 2.83. The lowest BCUT2D eigenvalue weighted by Crippen LogP contribution is -2.38. The monoisotopic (exact) mass is 259 g/mol. The molecule has 2 heteroatoms. The summed E-state index contributed by atoms with van der Waals surface area (Å²) in [4.78, 5) is 14.8. The van der Waals surface area contributed by atoms with Crippen LogP contribution in [0.4, 0.5) is 0 Å². The second-order valence-electron chi connectivity index (χ2n) is 5.62. The van der Waals surface area contributed by atoms with E-state index in [4.69, 9.17) is 0 Å². The van der Waals surface area contributed by atoms with Crippen molar-refractivity contribution < 1.29 is 4.79 Å². The van der Waals surface area contributed by atoms with Gasteiger partial charge in [-0.25, -0.2) is 0 Å². The molecule has 1 aromatic rings. The van der Waals surface area contributed by atoms with Crippen molar-refractivity contribution in [3.05, 3.63) is 35.4 Å². The molecule has 1 aliphatic rings. The standard InChI is InChI=1S/C17H25NO/c1-4-10-18(11-5-2)17(19)16-12-14-8-6-7-9-15(14)13(16)3/h6-9,13,16H,4-5,10-12H2,1-3H3/t13-,16-/m0/s1. The molecule has 0 heterocycles. The minimum Gasteiger partial charge on any atom is -0.342 e. The van der Waals surface area contributed by atoms with E-state index in [1.807, 2.05) is 0 Å². The van der Waals surface area contributed by atoms with Gasteiger partial charge in [-0.15, -0.1) is 0 Å². The van der Waals surface area contributed by atoms with E-state index >= 15 is 0 Å². The largest absolute Gasteiger partial charge is 0.342 e. The van der Waals surface area contributed by atoms with E-state index in [2.05, 4.69) is 49.9 Å². The van der Waals surface area contributed by atoms with Crippen LogP contribution in [0, 0.1) is 5.92 Å². The highest BCUT2D eigenvalue weighted by atomic mass is 16.2. The van der Waals surface area contributed by atoms with Gasteiger partial charge in [-0.2, -0.15) is 0 Å². The van der Waals surface area contributed by atoms with Crippen LogP contribution >= 0.6 is 0 Å². The lowest BCUT2D eigenvalue weighted by molar-refractivity contribution is -0.136. The zero-order valence-electron chi connectivity index (χ0n) is 12.4. The molecule has 0 aliphatic heterocycles. The Balaban J connectivity index is 2.13. The van der Waals surface area contributed by atoms with Crippen molar-refractivity contribution in [3.8, 4) is 0 Å². The number of benzene rings is 1. The van der Waals surface area contributed by atoms with Crippen molar-refractivity contribution in [3.63, 3.8) is 0 Å². The fourth-order valence-electron chi connectivity index (χ4n) is 3.20. The Morgan fingerprint density at radius 1 is 1.21 bits per heavy atom. The van der Waals surface area contributed by atoms with Crippen molar-refractivity contribution in [2.24, 2.45) is 5.92 Å². The van der Waals surface area contributed by atoms with E-state index in [1.54, 1.807) is 0 Å². The normalized spacial score (nSPS) is 21.2. The van der Waals surface area contributed by atoms with Gasteiger partial charge < -0.3 is 4.90 Å². The molecule has 1 aromatic carbocycles. The number of hydrogen-bond donors (Lipinski definition) is 0. The van der Waals surface area contributed by atoms with Crippen molar-refractivity contribution in [2.45, 2.75) is 46.0 Å². The molecule has 1 amide bonds. The number of rotatable bonds is 5. The molecule has 0 aromatic heterocycles. The number of carbonyl (C=O) groups excluding carboxylic acids is 1. The predicted octanol–water partition coefficient (Wildman–Crippen LogP) is 3.61. The topological polar surface area (TPSA) is 20.3 Å². The average Bonchev–Trinajstić information content (AvgIpc) is 2.76. The molecule has 1 aliphatic carbocycles. The van der Waals surface area contributed by atoms with Crippen molar-refractivity contribution in [2.75, 3.05) is 13.1 Å². The van der Waals surface area contributed by atoms with Crippen LogP contribution in [-0.4, -0.2) is 23.9 Å². The fraction of sp³-hybridized carbons (Fsp3) is 0.588. The molecule has 2 rings (SSSR count). The van der Waals surface area contributed by atoms with Gasteiger partial charge >= 0.3 is 0 Å². The first-order valence-electron chi connectivity index (χ1n) is 7.55. The molecule has 0 unspecified atom stereocenters. The Labute approximate surface area is 116 Å². The Bertz CT molecular complexity index is 435. The maximum atomic E-state index is 12.7. The van der Waals surface area contributed by atoms with Gasteiger partial charge in [0.1, 0.15) is 0 Å². The minimum atomic E-state index is 0.149. The summed E-state index contributed by atoms with van der Waals surface area (Å²) in [6.07, 6.45) is 3.00. The van der Waals surface area contributed by atoms with Crippen LogP contribution in [0.1, 0.15) is 50.7 Å². The number of fused-ring (bicyclic) bond motifs is 1. The zero-order chi connectivity index (χ0) is 13.8. The molecule has 0 N–H and O–H groups in total. The van der Waals surface area contributed by atoms with Crippen LogP contribution < -0.4 is 0 Å². The predicted molar refractivity (Wildman–Crippen MR) is 79.2 cm³/mol. The Morgan fingerprint density at radius 3 is 2.42 bits per heavy atom. The SMILES string of the molecule is CCCN(CCC)C(=O)[C@H]1Cc2ccccc2[C@@H]1C. The van der Waals surface area contributed by atoms with E-state index in [9.17, 15) is 4.79 Å². The van der Waals surface area contributed by atoms with Gasteiger partial charge in [-0.3, -0.25) is 4.79 Å². The summed E-state index contributed by atoms with van der Waals surface area (Å²) in [7, 11) is 0. The zero-order valence-corrected chi connectivity index (χ0v) is 12.4. The molecule has 19 heavy (non-hydrogen) atoms. The van der Waals surface area contributed by atoms with Gasteiger partial charge in [-0.05, 0) is 36.3 Å². The molecule has 0 bridgehead atoms. The number of carbonyl (C=O) groups is 1. The van der Waals surface area contributed by atoms with Gasteiger partial charge in [-0.1, -0.05) is 45.0 Å². The number of amides is 1. The number of nitrogens with zero attached hydrogens (tertiary/aromatic N) is 1. The van der Waals surface area contributed by atoms with Gasteiger partial charge in [0, 0.05) is 19.0 Å². The molecule has 0 saturated heterocycles. The summed E-state index contributed by atoms with van der Waals surface area (Å²) in [5, 5.41) is 0. The first-order chi connectivity index (χ1) is 9.19. The molecular formula is C17H25NO. The smallest absolute Gasteiger partial charge is 0.226 e. The van der Waals surface area contributed by atoms with Crippen LogP contribution in [0.5, 0.6) is 0 Å². The highest BCUT2D eigenvalue weighted by Gasteiger charge is 2.35. The first kappa shape index (κ1) is 14.1. The van der Waals surface area contributed by atoms with Crippen molar-refractivity contribution in [1.29, 1.82) is 0 Å². The van der Waals surface area contributed by atoms with E-state index in [-0.39, 0.29) is 5.92 Å². The van der Waals surface area contributed by atoms with Crippen LogP contribution in [0.3, 0.4) is 0 Å². The quantitative estimate of drug-likeness (QED) is 0.791. The van der Waals surface area contributed by atoms with E-state index in [0.717, 1.165) is 32.4 Å². The molecule has 0 radical (unpaired) electrons. The van der Waals surface area contributed by atoms with Crippen LogP contribution in [0.25, 0.3) is 0 Å². The molecule has 2 nitrogen and oxygen atoms in total. The highest BCUT2D eigenvalue weighted by molar-refractivity contribution is 5.81. The highest BCUT2D eigenvalue weighted by Crippen LogP contribution is 2.38. The van der Waals surface area contributed by atoms with Crippen LogP contribution in [0.2, 0.25) is 0 Å². The van der Waals surface area contributed by atoms with E-state index in [0.29, 0.717) is 11.8 Å². The van der Waals surface area contributed by atoms with Crippen molar-refractivity contribution in [1.82, 2.24) is 4.90 Å². The lowest BCUT2D eigenvalue weighted by atomic mass is 9.93. The maximum absolute atomic E-state index is 12.7. The summed E-state index contributed by atoms with van der Waals surface area (Å²) in [6, 6.07) is 8.51. The third-order valence-electron chi connectivity index (χ3n) is 4.20. The average molecular weight is 259 g/mol. The van der Waals surface area contributed by atoms with Gasteiger partial charge in [0.2, 0.25) is 5.91 Å². The maximum Gasteiger partial charge on any atom is 0.226 e. The summed E-state index contributed by atoms with van der Waals surface area (Å²) in [5.74, 6) is 0.864. The van der Waals surface area contributed by atoms with E-state index in [1.165, 1.54) is 11.1 Å². The summed E-state index contributed by atoms with van der Waals surface area (Å²) < 4.78 is 0. The van der Waals surface area contributed by atoms with Crippen LogP contribution in [-0.2, 0) is 11.2 Å². The second kappa shape index (κ2) is 6.23. The first-order valence-corrected chi connectivity index (χ1v) is 7.55. The third-order valence-corrected chi connectivity index (χ3v) is 4.20. The summed E-state index contributed by atoms with van der Waals surface area (Å²) in [6.45, 7) is 8.27. The Hall–Kier alpha value is -1.31. The number of hydrogen-bond acceptors (Lipinski definition) is 1. The van der Waals surface area contributed by atoms with Gasteiger partial charge in [0.15, 0.2) is 0 Å². The Kier molecular flexibility index (Phi) is 4.62. The lowest BCUT2D eigenvalue weighted by Gasteiger charge is -2.27. The molecule has 0 fully saturated rings. The second-order valence-corrected chi connectivity index (χ2v) is 5.62. The Morgan fingerprint density at radius 2 is 1.84 bits per heavy atom. The summed E-state index contributed by atoms with van der Waals surface area (Å²) >= 11 is 0. The molecule has 0 saturated carbocycles. The molecule has 0 spiro atoms. The van der Waals surface area contributed by atoms with Crippen LogP contribution in [0.15, 0.2) is 24.3 Å². The van der Waals surface area contributed by atoms with E-state index < -0.39 is 0 Å². The fourth-order valence-corrected chi connectivity index (χ4v) is 3.20. The molecule has 2 atom stereocenters.